The van der Waals surface area contributed by atoms with Crippen LogP contribution in [0.15, 0.2) is 30.5 Å². The Labute approximate surface area is 190 Å². The van der Waals surface area contributed by atoms with Crippen molar-refractivity contribution in [3.63, 3.8) is 0 Å². The van der Waals surface area contributed by atoms with E-state index in [1.54, 1.807) is 4.90 Å². The van der Waals surface area contributed by atoms with E-state index in [2.05, 4.69) is 16.8 Å². The number of likely N-dealkylation sites (tertiary alicyclic amines) is 1. The predicted molar refractivity (Wildman–Crippen MR) is 121 cm³/mol. The first-order valence-corrected chi connectivity index (χ1v) is 12.4. The molecule has 3 aliphatic heterocycles. The fourth-order valence-electron chi connectivity index (χ4n) is 6.86. The molecule has 6 heteroatoms. The first-order chi connectivity index (χ1) is 15.5. The van der Waals surface area contributed by atoms with Crippen molar-refractivity contribution in [1.29, 1.82) is 0 Å². The SMILES string of the molecule is C=C1CCC(N2Cc3cc(OC4CCCC4N4CC5CCC(C5)C4)ccc3C2=O)C(=O)N1. The number of rotatable bonds is 4. The second kappa shape index (κ2) is 7.91. The first kappa shape index (κ1) is 20.3. The summed E-state index contributed by atoms with van der Waals surface area (Å²) in [5, 5.41) is 2.80. The zero-order chi connectivity index (χ0) is 21.8. The molecule has 0 spiro atoms. The molecule has 32 heavy (non-hydrogen) atoms. The molecule has 0 radical (unpaired) electrons. The Hall–Kier alpha value is -2.34. The summed E-state index contributed by atoms with van der Waals surface area (Å²) in [6.45, 7) is 6.79. The smallest absolute Gasteiger partial charge is 0.255 e. The zero-order valence-corrected chi connectivity index (χ0v) is 18.7. The molecular weight excluding hydrogens is 402 g/mol. The van der Waals surface area contributed by atoms with Crippen molar-refractivity contribution in [3.8, 4) is 5.75 Å². The number of ether oxygens (including phenoxy) is 1. The highest BCUT2D eigenvalue weighted by atomic mass is 16.5. The van der Waals surface area contributed by atoms with Gasteiger partial charge in [0.25, 0.3) is 5.91 Å². The second-order valence-corrected chi connectivity index (χ2v) is 10.6. The van der Waals surface area contributed by atoms with Gasteiger partial charge in [-0.25, -0.2) is 0 Å². The van der Waals surface area contributed by atoms with E-state index in [1.165, 1.54) is 45.2 Å². The highest BCUT2D eigenvalue weighted by Gasteiger charge is 2.41. The van der Waals surface area contributed by atoms with E-state index in [4.69, 9.17) is 4.74 Å². The number of carbonyl (C=O) groups excluding carboxylic acids is 2. The van der Waals surface area contributed by atoms with Gasteiger partial charge in [-0.2, -0.15) is 0 Å². The van der Waals surface area contributed by atoms with Gasteiger partial charge in [0.2, 0.25) is 5.91 Å². The molecule has 2 aliphatic carbocycles. The maximum atomic E-state index is 13.0. The van der Waals surface area contributed by atoms with Crippen LogP contribution in [-0.2, 0) is 11.3 Å². The Morgan fingerprint density at radius 1 is 1.03 bits per heavy atom. The summed E-state index contributed by atoms with van der Waals surface area (Å²) in [5.74, 6) is 2.46. The quantitative estimate of drug-likeness (QED) is 0.787. The van der Waals surface area contributed by atoms with Gasteiger partial charge < -0.3 is 15.0 Å². The maximum Gasteiger partial charge on any atom is 0.255 e. The number of fused-ring (bicyclic) bond motifs is 3. The van der Waals surface area contributed by atoms with Crippen LogP contribution in [0.1, 0.15) is 67.3 Å². The van der Waals surface area contributed by atoms with Gasteiger partial charge >= 0.3 is 0 Å². The third-order valence-corrected chi connectivity index (χ3v) is 8.42. The highest BCUT2D eigenvalue weighted by Crippen LogP contribution is 2.40. The third kappa shape index (κ3) is 3.53. The van der Waals surface area contributed by atoms with Crippen molar-refractivity contribution < 1.29 is 14.3 Å². The van der Waals surface area contributed by atoms with E-state index < -0.39 is 6.04 Å². The molecule has 2 saturated heterocycles. The van der Waals surface area contributed by atoms with Gasteiger partial charge in [-0.05, 0) is 87.0 Å². The van der Waals surface area contributed by atoms with Crippen LogP contribution in [0.3, 0.4) is 0 Å². The fourth-order valence-corrected chi connectivity index (χ4v) is 6.86. The molecule has 1 N–H and O–H groups in total. The molecule has 4 fully saturated rings. The summed E-state index contributed by atoms with van der Waals surface area (Å²) in [5.41, 5.74) is 2.40. The van der Waals surface area contributed by atoms with Crippen LogP contribution >= 0.6 is 0 Å². The van der Waals surface area contributed by atoms with Gasteiger partial charge in [-0.1, -0.05) is 6.58 Å². The van der Waals surface area contributed by atoms with Crippen LogP contribution in [0.25, 0.3) is 0 Å². The molecule has 1 aromatic rings. The van der Waals surface area contributed by atoms with E-state index in [0.29, 0.717) is 31.0 Å². The minimum Gasteiger partial charge on any atom is -0.489 e. The van der Waals surface area contributed by atoms with Gasteiger partial charge in [0.1, 0.15) is 17.9 Å². The summed E-state index contributed by atoms with van der Waals surface area (Å²) in [7, 11) is 0. The molecule has 2 amide bonds. The zero-order valence-electron chi connectivity index (χ0n) is 18.7. The standard InChI is InChI=1S/C26H33N3O3/c1-16-5-10-23(25(30)27-16)29-15-19-12-20(8-9-21(19)26(29)31)32-24-4-2-3-22(24)28-13-17-6-7-18(11-17)14-28/h8-9,12,17-18,22-24H,1-7,10-11,13-15H2,(H,27,30). The van der Waals surface area contributed by atoms with Gasteiger partial charge in [0.05, 0.1) is 0 Å². The van der Waals surface area contributed by atoms with Crippen LogP contribution in [0.5, 0.6) is 5.75 Å². The summed E-state index contributed by atoms with van der Waals surface area (Å²) < 4.78 is 6.55. The van der Waals surface area contributed by atoms with Gasteiger partial charge in [-0.15, -0.1) is 0 Å². The highest BCUT2D eigenvalue weighted by molar-refractivity contribution is 6.01. The number of allylic oxidation sites excluding steroid dienone is 1. The molecule has 6 rings (SSSR count). The minimum absolute atomic E-state index is 0.0539. The lowest BCUT2D eigenvalue weighted by atomic mass is 9.96. The van der Waals surface area contributed by atoms with Crippen molar-refractivity contribution in [1.82, 2.24) is 15.1 Å². The number of carbonyl (C=O) groups is 2. The van der Waals surface area contributed by atoms with Crippen LogP contribution in [0.2, 0.25) is 0 Å². The topological polar surface area (TPSA) is 61.9 Å². The first-order valence-electron chi connectivity index (χ1n) is 12.4. The molecule has 6 nitrogen and oxygen atoms in total. The molecule has 5 aliphatic rings. The summed E-state index contributed by atoms with van der Waals surface area (Å²) in [6, 6.07) is 5.96. The van der Waals surface area contributed by atoms with Crippen molar-refractivity contribution >= 4 is 11.8 Å². The van der Waals surface area contributed by atoms with Crippen molar-refractivity contribution in [2.45, 2.75) is 76.1 Å². The van der Waals surface area contributed by atoms with Crippen LogP contribution < -0.4 is 10.1 Å². The number of hydrogen-bond donors (Lipinski definition) is 1. The van der Waals surface area contributed by atoms with E-state index >= 15 is 0 Å². The molecule has 2 bridgehead atoms. The van der Waals surface area contributed by atoms with Crippen LogP contribution in [-0.4, -0.2) is 52.9 Å². The number of amides is 2. The monoisotopic (exact) mass is 435 g/mol. The lowest BCUT2D eigenvalue weighted by molar-refractivity contribution is -0.126. The van der Waals surface area contributed by atoms with E-state index in [0.717, 1.165) is 35.3 Å². The number of nitrogens with zero attached hydrogens (tertiary/aromatic N) is 2. The van der Waals surface area contributed by atoms with Gasteiger partial charge in [-0.3, -0.25) is 14.5 Å². The van der Waals surface area contributed by atoms with Crippen molar-refractivity contribution in [3.05, 3.63) is 41.6 Å². The Morgan fingerprint density at radius 3 is 2.62 bits per heavy atom. The van der Waals surface area contributed by atoms with Crippen LogP contribution in [0.4, 0.5) is 0 Å². The molecule has 2 saturated carbocycles. The van der Waals surface area contributed by atoms with E-state index in [9.17, 15) is 9.59 Å². The lowest BCUT2D eigenvalue weighted by Crippen LogP contribution is -2.49. The van der Waals surface area contributed by atoms with Crippen LogP contribution in [0, 0.1) is 11.8 Å². The summed E-state index contributed by atoms with van der Waals surface area (Å²) >= 11 is 0. The van der Waals surface area contributed by atoms with Crippen molar-refractivity contribution in [2.75, 3.05) is 13.1 Å². The lowest BCUT2D eigenvalue weighted by Gasteiger charge is -2.38. The van der Waals surface area contributed by atoms with E-state index in [-0.39, 0.29) is 17.9 Å². The number of piperidine rings is 2. The normalized spacial score (nSPS) is 34.7. The maximum absolute atomic E-state index is 13.0. The molecule has 3 heterocycles. The fraction of sp³-hybridized carbons (Fsp3) is 0.615. The average molecular weight is 436 g/mol. The molecular formula is C26H33N3O3. The Bertz CT molecular complexity index is 948. The number of nitrogens with one attached hydrogen (secondary N) is 1. The molecule has 5 unspecified atom stereocenters. The largest absolute Gasteiger partial charge is 0.489 e. The number of hydrogen-bond acceptors (Lipinski definition) is 4. The molecule has 1 aromatic carbocycles. The minimum atomic E-state index is -0.418. The summed E-state index contributed by atoms with van der Waals surface area (Å²) in [4.78, 5) is 29.8. The second-order valence-electron chi connectivity index (χ2n) is 10.6. The molecule has 0 aromatic heterocycles. The Kier molecular flexibility index (Phi) is 5.01. The van der Waals surface area contributed by atoms with Gasteiger partial charge in [0.15, 0.2) is 0 Å². The van der Waals surface area contributed by atoms with Gasteiger partial charge in [0, 0.05) is 36.9 Å². The molecule has 170 valence electrons. The Balaban J connectivity index is 1.15. The molecule has 5 atom stereocenters. The number of benzene rings is 1. The third-order valence-electron chi connectivity index (χ3n) is 8.42. The van der Waals surface area contributed by atoms with E-state index in [1.807, 2.05) is 18.2 Å². The summed E-state index contributed by atoms with van der Waals surface area (Å²) in [6.07, 6.45) is 9.37. The Morgan fingerprint density at radius 2 is 1.84 bits per heavy atom. The predicted octanol–water partition coefficient (Wildman–Crippen LogP) is 3.47. The van der Waals surface area contributed by atoms with Crippen molar-refractivity contribution in [2.24, 2.45) is 11.8 Å². The average Bonchev–Trinajstić information content (AvgIpc) is 3.46.